The highest BCUT2D eigenvalue weighted by molar-refractivity contribution is 6.01. The molecule has 0 spiro atoms. The lowest BCUT2D eigenvalue weighted by atomic mass is 10.1. The Morgan fingerprint density at radius 1 is 1.08 bits per heavy atom. The van der Waals surface area contributed by atoms with Crippen LogP contribution in [0.15, 0.2) is 42.5 Å². The summed E-state index contributed by atoms with van der Waals surface area (Å²) in [6, 6.07) is 12.8. The molecule has 1 N–H and O–H groups in total. The molecule has 1 heterocycles. The second-order valence-electron chi connectivity index (χ2n) is 5.74. The minimum atomic E-state index is -0.284. The van der Waals surface area contributed by atoms with Crippen molar-refractivity contribution in [3.8, 4) is 11.5 Å². The predicted octanol–water partition coefficient (Wildman–Crippen LogP) is 2.97. The predicted molar refractivity (Wildman–Crippen MR) is 95.0 cm³/mol. The first-order valence-corrected chi connectivity index (χ1v) is 8.13. The number of carbonyl (C=O) groups is 2. The smallest absolute Gasteiger partial charge is 0.244 e. The number of aryl methyl sites for hydroxylation is 1. The lowest BCUT2D eigenvalue weighted by Gasteiger charge is -2.21. The molecular formula is C19H20N2O4. The molecule has 130 valence electrons. The molecule has 0 unspecified atom stereocenters. The number of nitrogens with zero attached hydrogens (tertiary/aromatic N) is 1. The van der Waals surface area contributed by atoms with Gasteiger partial charge < -0.3 is 19.7 Å². The van der Waals surface area contributed by atoms with E-state index in [-0.39, 0.29) is 25.2 Å². The Kier molecular flexibility index (Phi) is 4.88. The van der Waals surface area contributed by atoms with E-state index >= 15 is 0 Å². The molecular weight excluding hydrogens is 320 g/mol. The largest absolute Gasteiger partial charge is 0.454 e. The van der Waals surface area contributed by atoms with Gasteiger partial charge in [-0.15, -0.1) is 0 Å². The topological polar surface area (TPSA) is 67.9 Å². The van der Waals surface area contributed by atoms with E-state index in [1.165, 1.54) is 17.4 Å². The standard InChI is InChI=1S/C19H20N2O4/c1-3-14-4-7-16(8-5-14)21(13(2)22)11-19(23)20-15-6-9-17-18(10-15)25-12-24-17/h4-10H,3,11-12H2,1-2H3,(H,20,23). The molecule has 0 bridgehead atoms. The highest BCUT2D eigenvalue weighted by atomic mass is 16.7. The first-order chi connectivity index (χ1) is 12.1. The van der Waals surface area contributed by atoms with Crippen molar-refractivity contribution < 1.29 is 19.1 Å². The molecule has 0 radical (unpaired) electrons. The maximum absolute atomic E-state index is 12.3. The van der Waals surface area contributed by atoms with Crippen LogP contribution in [0.5, 0.6) is 11.5 Å². The van der Waals surface area contributed by atoms with E-state index in [1.807, 2.05) is 24.3 Å². The van der Waals surface area contributed by atoms with Crippen LogP contribution in [0.25, 0.3) is 0 Å². The van der Waals surface area contributed by atoms with Crippen LogP contribution in [0.4, 0.5) is 11.4 Å². The van der Waals surface area contributed by atoms with Gasteiger partial charge >= 0.3 is 0 Å². The Balaban J connectivity index is 1.69. The van der Waals surface area contributed by atoms with Gasteiger partial charge in [-0.3, -0.25) is 9.59 Å². The van der Waals surface area contributed by atoms with Gasteiger partial charge in [0.2, 0.25) is 18.6 Å². The summed E-state index contributed by atoms with van der Waals surface area (Å²) < 4.78 is 10.5. The zero-order chi connectivity index (χ0) is 17.8. The zero-order valence-electron chi connectivity index (χ0n) is 14.2. The number of benzene rings is 2. The van der Waals surface area contributed by atoms with E-state index in [1.54, 1.807) is 18.2 Å². The van der Waals surface area contributed by atoms with Crippen LogP contribution in [-0.2, 0) is 16.0 Å². The number of rotatable bonds is 5. The van der Waals surface area contributed by atoms with Gasteiger partial charge in [-0.2, -0.15) is 0 Å². The van der Waals surface area contributed by atoms with Crippen molar-refractivity contribution in [3.05, 3.63) is 48.0 Å². The Labute approximate surface area is 146 Å². The Bertz CT molecular complexity index is 787. The molecule has 2 amide bonds. The van der Waals surface area contributed by atoms with Crippen LogP contribution in [-0.4, -0.2) is 25.2 Å². The van der Waals surface area contributed by atoms with Crippen molar-refractivity contribution in [2.75, 3.05) is 23.6 Å². The van der Waals surface area contributed by atoms with Crippen LogP contribution >= 0.6 is 0 Å². The molecule has 6 heteroatoms. The number of amides is 2. The molecule has 3 rings (SSSR count). The van der Waals surface area contributed by atoms with Crippen molar-refractivity contribution in [1.29, 1.82) is 0 Å². The molecule has 0 atom stereocenters. The van der Waals surface area contributed by atoms with Gasteiger partial charge in [0.15, 0.2) is 11.5 Å². The van der Waals surface area contributed by atoms with Gasteiger partial charge in [-0.05, 0) is 36.2 Å². The Morgan fingerprint density at radius 3 is 2.48 bits per heavy atom. The summed E-state index contributed by atoms with van der Waals surface area (Å²) >= 11 is 0. The third kappa shape index (κ3) is 3.91. The van der Waals surface area contributed by atoms with Crippen LogP contribution in [0.3, 0.4) is 0 Å². The van der Waals surface area contributed by atoms with E-state index in [4.69, 9.17) is 9.47 Å². The summed E-state index contributed by atoms with van der Waals surface area (Å²) in [4.78, 5) is 25.7. The summed E-state index contributed by atoms with van der Waals surface area (Å²) in [5.74, 6) is 0.773. The van der Waals surface area contributed by atoms with Crippen molar-refractivity contribution in [2.45, 2.75) is 20.3 Å². The van der Waals surface area contributed by atoms with Crippen molar-refractivity contribution in [3.63, 3.8) is 0 Å². The van der Waals surface area contributed by atoms with Crippen molar-refractivity contribution in [2.24, 2.45) is 0 Å². The lowest BCUT2D eigenvalue weighted by molar-refractivity contribution is -0.120. The van der Waals surface area contributed by atoms with Crippen LogP contribution in [0.2, 0.25) is 0 Å². The highest BCUT2D eigenvalue weighted by Gasteiger charge is 2.18. The minimum absolute atomic E-state index is 0.0603. The average molecular weight is 340 g/mol. The lowest BCUT2D eigenvalue weighted by Crippen LogP contribution is -2.36. The fourth-order valence-electron chi connectivity index (χ4n) is 2.61. The van der Waals surface area contributed by atoms with Crippen LogP contribution in [0, 0.1) is 0 Å². The maximum Gasteiger partial charge on any atom is 0.244 e. The van der Waals surface area contributed by atoms with E-state index in [2.05, 4.69) is 12.2 Å². The van der Waals surface area contributed by atoms with Crippen LogP contribution in [0.1, 0.15) is 19.4 Å². The monoisotopic (exact) mass is 340 g/mol. The zero-order valence-corrected chi connectivity index (χ0v) is 14.2. The van der Waals surface area contributed by atoms with Crippen molar-refractivity contribution in [1.82, 2.24) is 0 Å². The highest BCUT2D eigenvalue weighted by Crippen LogP contribution is 2.34. The van der Waals surface area contributed by atoms with Gasteiger partial charge in [-0.1, -0.05) is 19.1 Å². The quantitative estimate of drug-likeness (QED) is 0.909. The molecule has 0 saturated heterocycles. The van der Waals surface area contributed by atoms with E-state index in [9.17, 15) is 9.59 Å². The van der Waals surface area contributed by atoms with Gasteiger partial charge in [-0.25, -0.2) is 0 Å². The second-order valence-corrected chi connectivity index (χ2v) is 5.74. The summed E-state index contributed by atoms with van der Waals surface area (Å²) in [5.41, 5.74) is 2.47. The van der Waals surface area contributed by atoms with Gasteiger partial charge in [0.25, 0.3) is 0 Å². The van der Waals surface area contributed by atoms with E-state index in [0.29, 0.717) is 22.9 Å². The maximum atomic E-state index is 12.3. The fraction of sp³-hybridized carbons (Fsp3) is 0.263. The summed E-state index contributed by atoms with van der Waals surface area (Å²) in [5, 5.41) is 2.78. The van der Waals surface area contributed by atoms with Gasteiger partial charge in [0, 0.05) is 24.4 Å². The van der Waals surface area contributed by atoms with Gasteiger partial charge in [0.1, 0.15) is 6.54 Å². The Hall–Kier alpha value is -3.02. The molecule has 2 aromatic carbocycles. The van der Waals surface area contributed by atoms with Crippen LogP contribution < -0.4 is 19.7 Å². The van der Waals surface area contributed by atoms with Crippen molar-refractivity contribution >= 4 is 23.2 Å². The molecule has 1 aliphatic rings. The molecule has 2 aromatic rings. The number of nitrogens with one attached hydrogen (secondary N) is 1. The fourth-order valence-corrected chi connectivity index (χ4v) is 2.61. The molecule has 25 heavy (non-hydrogen) atoms. The van der Waals surface area contributed by atoms with E-state index in [0.717, 1.165) is 6.42 Å². The normalized spacial score (nSPS) is 11.9. The summed E-state index contributed by atoms with van der Waals surface area (Å²) in [6.45, 7) is 3.63. The number of hydrogen-bond acceptors (Lipinski definition) is 4. The summed E-state index contributed by atoms with van der Waals surface area (Å²) in [6.07, 6.45) is 0.922. The molecule has 6 nitrogen and oxygen atoms in total. The number of hydrogen-bond donors (Lipinski definition) is 1. The number of carbonyl (C=O) groups excluding carboxylic acids is 2. The second kappa shape index (κ2) is 7.25. The third-order valence-corrected chi connectivity index (χ3v) is 3.99. The van der Waals surface area contributed by atoms with E-state index < -0.39 is 0 Å². The summed E-state index contributed by atoms with van der Waals surface area (Å²) in [7, 11) is 0. The number of anilines is 2. The molecule has 0 aliphatic carbocycles. The molecule has 0 aromatic heterocycles. The van der Waals surface area contributed by atoms with Gasteiger partial charge in [0.05, 0.1) is 0 Å². The molecule has 1 aliphatic heterocycles. The molecule has 0 saturated carbocycles. The third-order valence-electron chi connectivity index (χ3n) is 3.99. The number of fused-ring (bicyclic) bond motifs is 1. The average Bonchev–Trinajstić information content (AvgIpc) is 3.07. The molecule has 0 fully saturated rings. The minimum Gasteiger partial charge on any atom is -0.454 e. The number of ether oxygens (including phenoxy) is 2. The SMILES string of the molecule is CCc1ccc(N(CC(=O)Nc2ccc3c(c2)OCO3)C(C)=O)cc1. The Morgan fingerprint density at radius 2 is 1.80 bits per heavy atom. The first-order valence-electron chi connectivity index (χ1n) is 8.13. The first kappa shape index (κ1) is 16.8.